The van der Waals surface area contributed by atoms with Gasteiger partial charge in [-0.2, -0.15) is 0 Å². The zero-order valence-corrected chi connectivity index (χ0v) is 13.4. The summed E-state index contributed by atoms with van der Waals surface area (Å²) < 4.78 is 0.750. The molecule has 7 heteroatoms. The molecule has 0 fully saturated rings. The van der Waals surface area contributed by atoms with Crippen LogP contribution < -0.4 is 10.6 Å². The Morgan fingerprint density at radius 3 is 2.47 bits per heavy atom. The van der Waals surface area contributed by atoms with E-state index in [9.17, 15) is 0 Å². The van der Waals surface area contributed by atoms with Crippen LogP contribution in [-0.4, -0.2) is 17.0 Å². The Kier molecular flexibility index (Phi) is 4.50. The van der Waals surface area contributed by atoms with Crippen molar-refractivity contribution >= 4 is 56.5 Å². The maximum atomic E-state index is 6.18. The summed E-state index contributed by atoms with van der Waals surface area (Å²) in [6, 6.07) is 5.44. The highest BCUT2D eigenvalue weighted by Gasteiger charge is 2.09. The van der Waals surface area contributed by atoms with Gasteiger partial charge in [-0.1, -0.05) is 23.2 Å². The van der Waals surface area contributed by atoms with Crippen LogP contribution in [0.2, 0.25) is 10.0 Å². The van der Waals surface area contributed by atoms with Gasteiger partial charge in [0.25, 0.3) is 0 Å². The van der Waals surface area contributed by atoms with Crippen LogP contribution in [0.3, 0.4) is 0 Å². The summed E-state index contributed by atoms with van der Waals surface area (Å²) in [7, 11) is 1.80. The van der Waals surface area contributed by atoms with E-state index in [1.165, 1.54) is 0 Å². The van der Waals surface area contributed by atoms with E-state index in [1.807, 2.05) is 19.1 Å². The van der Waals surface area contributed by atoms with Crippen LogP contribution in [0.5, 0.6) is 0 Å². The van der Waals surface area contributed by atoms with Crippen molar-refractivity contribution in [3.63, 3.8) is 0 Å². The summed E-state index contributed by atoms with van der Waals surface area (Å²) in [4.78, 5) is 8.51. The number of aryl methyl sites for hydroxylation is 1. The number of anilines is 3. The number of halogens is 3. The molecule has 0 unspecified atom stereocenters. The first-order valence-electron chi connectivity index (χ1n) is 5.45. The van der Waals surface area contributed by atoms with Crippen LogP contribution in [0.4, 0.5) is 17.3 Å². The molecule has 0 aliphatic heterocycles. The quantitative estimate of drug-likeness (QED) is 0.782. The molecule has 0 radical (unpaired) electrons. The topological polar surface area (TPSA) is 49.8 Å². The molecule has 0 saturated carbocycles. The summed E-state index contributed by atoms with van der Waals surface area (Å²) in [5.41, 5.74) is 0.690. The Balaban J connectivity index is 2.36. The van der Waals surface area contributed by atoms with Gasteiger partial charge in [-0.05, 0) is 35.0 Å². The minimum Gasteiger partial charge on any atom is -0.373 e. The summed E-state index contributed by atoms with van der Waals surface area (Å²) in [5, 5.41) is 7.01. The highest BCUT2D eigenvalue weighted by molar-refractivity contribution is 9.10. The fraction of sp³-hybridized carbons (Fsp3) is 0.167. The normalized spacial score (nSPS) is 10.4. The van der Waals surface area contributed by atoms with Gasteiger partial charge in [0.1, 0.15) is 17.5 Å². The third kappa shape index (κ3) is 3.29. The van der Waals surface area contributed by atoms with Crippen LogP contribution in [0.25, 0.3) is 0 Å². The van der Waals surface area contributed by atoms with Gasteiger partial charge >= 0.3 is 0 Å². The van der Waals surface area contributed by atoms with Crippen molar-refractivity contribution in [1.29, 1.82) is 0 Å². The molecule has 2 rings (SSSR count). The molecule has 100 valence electrons. The lowest BCUT2D eigenvalue weighted by atomic mass is 10.3. The molecular weight excluding hydrogens is 351 g/mol. The van der Waals surface area contributed by atoms with Gasteiger partial charge in [0, 0.05) is 17.6 Å². The zero-order valence-electron chi connectivity index (χ0n) is 10.3. The van der Waals surface area contributed by atoms with Crippen LogP contribution in [-0.2, 0) is 0 Å². The molecule has 19 heavy (non-hydrogen) atoms. The molecule has 2 aromatic rings. The lowest BCUT2D eigenvalue weighted by Gasteiger charge is -2.11. The second-order valence-electron chi connectivity index (χ2n) is 3.78. The summed E-state index contributed by atoms with van der Waals surface area (Å²) in [5.74, 6) is 2.04. The second-order valence-corrected chi connectivity index (χ2v) is 5.39. The van der Waals surface area contributed by atoms with Crippen molar-refractivity contribution in [3.05, 3.63) is 38.5 Å². The first kappa shape index (κ1) is 14.4. The van der Waals surface area contributed by atoms with Crippen molar-refractivity contribution in [1.82, 2.24) is 9.97 Å². The van der Waals surface area contributed by atoms with Crippen LogP contribution in [0.1, 0.15) is 5.82 Å². The van der Waals surface area contributed by atoms with Gasteiger partial charge in [-0.15, -0.1) is 0 Å². The average molecular weight is 362 g/mol. The maximum Gasteiger partial charge on any atom is 0.136 e. The largest absolute Gasteiger partial charge is 0.373 e. The highest BCUT2D eigenvalue weighted by atomic mass is 79.9. The van der Waals surface area contributed by atoms with E-state index < -0.39 is 0 Å². The van der Waals surface area contributed by atoms with Crippen molar-refractivity contribution in [3.8, 4) is 0 Å². The molecule has 0 aliphatic carbocycles. The van der Waals surface area contributed by atoms with E-state index in [0.717, 1.165) is 10.3 Å². The van der Waals surface area contributed by atoms with E-state index in [2.05, 4.69) is 36.5 Å². The first-order chi connectivity index (χ1) is 9.01. The number of rotatable bonds is 3. The van der Waals surface area contributed by atoms with E-state index >= 15 is 0 Å². The van der Waals surface area contributed by atoms with Crippen LogP contribution >= 0.6 is 39.1 Å². The predicted octanol–water partition coefficient (Wildman–Crippen LogP) is 4.64. The Morgan fingerprint density at radius 1 is 1.11 bits per heavy atom. The molecule has 4 nitrogen and oxygen atoms in total. The molecule has 0 atom stereocenters. The molecule has 2 N–H and O–H groups in total. The van der Waals surface area contributed by atoms with Crippen molar-refractivity contribution in [2.75, 3.05) is 17.7 Å². The fourth-order valence-electron chi connectivity index (χ4n) is 1.52. The summed E-state index contributed by atoms with van der Waals surface area (Å²) >= 11 is 15.6. The van der Waals surface area contributed by atoms with Gasteiger partial charge in [0.05, 0.1) is 15.7 Å². The predicted molar refractivity (Wildman–Crippen MR) is 83.8 cm³/mol. The lowest BCUT2D eigenvalue weighted by Crippen LogP contribution is -2.01. The number of aromatic nitrogens is 2. The zero-order chi connectivity index (χ0) is 14.0. The molecule has 1 aromatic heterocycles. The summed E-state index contributed by atoms with van der Waals surface area (Å²) in [6.45, 7) is 1.82. The van der Waals surface area contributed by atoms with Gasteiger partial charge in [0.2, 0.25) is 0 Å². The van der Waals surface area contributed by atoms with Gasteiger partial charge in [-0.25, -0.2) is 9.97 Å². The first-order valence-corrected chi connectivity index (χ1v) is 7.00. The third-order valence-electron chi connectivity index (χ3n) is 2.39. The Hall–Kier alpha value is -1.04. The van der Waals surface area contributed by atoms with E-state index in [-0.39, 0.29) is 0 Å². The molecule has 0 spiro atoms. The van der Waals surface area contributed by atoms with Crippen LogP contribution in [0, 0.1) is 6.92 Å². The number of hydrogen-bond donors (Lipinski definition) is 2. The Labute approximate surface area is 129 Å². The van der Waals surface area contributed by atoms with Crippen molar-refractivity contribution in [2.24, 2.45) is 0 Å². The molecular formula is C12H11BrCl2N4. The highest BCUT2D eigenvalue weighted by Crippen LogP contribution is 2.36. The summed E-state index contributed by atoms with van der Waals surface area (Å²) in [6.07, 6.45) is 0. The maximum absolute atomic E-state index is 6.18. The van der Waals surface area contributed by atoms with Gasteiger partial charge in [-0.3, -0.25) is 0 Å². The SMILES string of the molecule is CNc1cc(Nc2ccc(Br)c(Cl)c2Cl)nc(C)n1. The van der Waals surface area contributed by atoms with E-state index in [1.54, 1.807) is 13.1 Å². The molecule has 0 amide bonds. The molecule has 1 aromatic carbocycles. The average Bonchev–Trinajstić information content (AvgIpc) is 2.39. The van der Waals surface area contributed by atoms with Crippen molar-refractivity contribution in [2.45, 2.75) is 6.92 Å². The number of benzene rings is 1. The second kappa shape index (κ2) is 5.94. The van der Waals surface area contributed by atoms with Gasteiger partial charge < -0.3 is 10.6 Å². The van der Waals surface area contributed by atoms with Crippen molar-refractivity contribution < 1.29 is 0 Å². The molecule has 0 bridgehead atoms. The monoisotopic (exact) mass is 360 g/mol. The molecule has 0 saturated heterocycles. The fourth-order valence-corrected chi connectivity index (χ4v) is 2.34. The standard InChI is InChI=1S/C12H11BrCl2N4/c1-6-17-9(16-2)5-10(18-6)19-8-4-3-7(13)11(14)12(8)15/h3-5H,1-2H3,(H2,16,17,18,19). The van der Waals surface area contributed by atoms with Crippen LogP contribution in [0.15, 0.2) is 22.7 Å². The number of nitrogens with one attached hydrogen (secondary N) is 2. The van der Waals surface area contributed by atoms with E-state index in [4.69, 9.17) is 23.2 Å². The smallest absolute Gasteiger partial charge is 0.136 e. The number of nitrogens with zero attached hydrogens (tertiary/aromatic N) is 2. The Bertz CT molecular complexity index is 619. The number of hydrogen-bond acceptors (Lipinski definition) is 4. The minimum absolute atomic E-state index is 0.443. The molecule has 1 heterocycles. The van der Waals surface area contributed by atoms with Gasteiger partial charge in [0.15, 0.2) is 0 Å². The molecule has 0 aliphatic rings. The minimum atomic E-state index is 0.443. The lowest BCUT2D eigenvalue weighted by molar-refractivity contribution is 1.06. The third-order valence-corrected chi connectivity index (χ3v) is 4.16. The van der Waals surface area contributed by atoms with E-state index in [0.29, 0.717) is 27.4 Å². The Morgan fingerprint density at radius 2 is 1.79 bits per heavy atom.